The van der Waals surface area contributed by atoms with Crippen molar-refractivity contribution in [3.05, 3.63) is 41.8 Å². The van der Waals surface area contributed by atoms with Gasteiger partial charge in [0.05, 0.1) is 12.2 Å². The molecule has 1 saturated heterocycles. The zero-order chi connectivity index (χ0) is 23.4. The van der Waals surface area contributed by atoms with E-state index >= 15 is 0 Å². The number of carbonyl (C=O) groups is 1. The van der Waals surface area contributed by atoms with Crippen molar-refractivity contribution in [3.8, 4) is 5.75 Å². The summed E-state index contributed by atoms with van der Waals surface area (Å²) in [5.41, 5.74) is 0.439. The predicted octanol–water partition coefficient (Wildman–Crippen LogP) is 3.05. The monoisotopic (exact) mass is 491 g/mol. The molecule has 176 valence electrons. The first-order valence-electron chi connectivity index (χ1n) is 9.88. The van der Waals surface area contributed by atoms with E-state index in [9.17, 15) is 26.4 Å². The van der Waals surface area contributed by atoms with E-state index in [0.29, 0.717) is 24.4 Å². The molecule has 2 heterocycles. The second-order valence-corrected chi connectivity index (χ2v) is 10.5. The Bertz CT molecular complexity index is 996. The zero-order valence-corrected chi connectivity index (χ0v) is 19.0. The smallest absolute Gasteiger partial charge is 0.401 e. The fourth-order valence-corrected chi connectivity index (χ4v) is 5.66. The van der Waals surface area contributed by atoms with Crippen molar-refractivity contribution in [2.45, 2.75) is 16.8 Å². The second kappa shape index (κ2) is 10.1. The van der Waals surface area contributed by atoms with Gasteiger partial charge in [-0.05, 0) is 42.1 Å². The van der Waals surface area contributed by atoms with Gasteiger partial charge in [-0.3, -0.25) is 14.0 Å². The summed E-state index contributed by atoms with van der Waals surface area (Å²) in [5, 5.41) is 1.69. The van der Waals surface area contributed by atoms with Gasteiger partial charge in [0.25, 0.3) is 15.9 Å². The standard InChI is InChI=1S/C20H24F3N3O4S2/c1-24(32(28,29)19-4-2-13-31-19)16-5-7-17(8-6-16)30-14-18(27)26-10-3-9-25(11-12-26)15-20(21,22)23/h2,4-8,13H,3,9-12,14-15H2,1H3. The van der Waals surface area contributed by atoms with E-state index in [1.807, 2.05) is 0 Å². The maximum Gasteiger partial charge on any atom is 0.401 e. The lowest BCUT2D eigenvalue weighted by atomic mass is 10.3. The van der Waals surface area contributed by atoms with Crippen LogP contribution in [0.3, 0.4) is 0 Å². The van der Waals surface area contributed by atoms with Gasteiger partial charge >= 0.3 is 6.18 Å². The van der Waals surface area contributed by atoms with Crippen LogP contribution in [0.4, 0.5) is 18.9 Å². The SMILES string of the molecule is CN(c1ccc(OCC(=O)N2CCCN(CC(F)(F)F)CC2)cc1)S(=O)(=O)c1cccs1. The molecular formula is C20H24F3N3O4S2. The Morgan fingerprint density at radius 3 is 2.47 bits per heavy atom. The number of hydrogen-bond donors (Lipinski definition) is 0. The summed E-state index contributed by atoms with van der Waals surface area (Å²) < 4.78 is 69.8. The zero-order valence-electron chi connectivity index (χ0n) is 17.4. The van der Waals surface area contributed by atoms with E-state index < -0.39 is 22.7 Å². The minimum atomic E-state index is -4.26. The summed E-state index contributed by atoms with van der Waals surface area (Å²) in [7, 11) is -2.19. The highest BCUT2D eigenvalue weighted by molar-refractivity contribution is 7.94. The van der Waals surface area contributed by atoms with Crippen LogP contribution in [0.5, 0.6) is 5.75 Å². The van der Waals surface area contributed by atoms with E-state index in [2.05, 4.69) is 0 Å². The van der Waals surface area contributed by atoms with Crippen molar-refractivity contribution in [1.82, 2.24) is 9.80 Å². The summed E-state index contributed by atoms with van der Waals surface area (Å²) in [4.78, 5) is 15.2. The summed E-state index contributed by atoms with van der Waals surface area (Å²) in [6.45, 7) is -0.196. The first-order chi connectivity index (χ1) is 15.1. The third kappa shape index (κ3) is 6.36. The molecule has 1 fully saturated rings. The molecule has 0 saturated carbocycles. The molecule has 2 aromatic rings. The fourth-order valence-electron chi connectivity index (χ4n) is 3.30. The van der Waals surface area contributed by atoms with Crippen LogP contribution < -0.4 is 9.04 Å². The molecule has 3 rings (SSSR count). The number of thiophene rings is 1. The summed E-state index contributed by atoms with van der Waals surface area (Å²) in [6.07, 6.45) is -3.80. The quantitative estimate of drug-likeness (QED) is 0.596. The summed E-state index contributed by atoms with van der Waals surface area (Å²) in [5.74, 6) is 0.0814. The number of carbonyl (C=O) groups excluding carboxylic acids is 1. The molecular weight excluding hydrogens is 467 g/mol. The topological polar surface area (TPSA) is 70.2 Å². The first-order valence-corrected chi connectivity index (χ1v) is 12.2. The molecule has 1 aromatic heterocycles. The van der Waals surface area contributed by atoms with Crippen molar-refractivity contribution in [2.24, 2.45) is 0 Å². The van der Waals surface area contributed by atoms with Gasteiger partial charge in [-0.1, -0.05) is 6.07 Å². The molecule has 7 nitrogen and oxygen atoms in total. The van der Waals surface area contributed by atoms with Gasteiger partial charge in [0.1, 0.15) is 9.96 Å². The van der Waals surface area contributed by atoms with E-state index in [1.165, 1.54) is 22.9 Å². The van der Waals surface area contributed by atoms with Gasteiger partial charge in [-0.2, -0.15) is 13.2 Å². The van der Waals surface area contributed by atoms with Crippen LogP contribution in [-0.2, 0) is 14.8 Å². The molecule has 1 amide bonds. The lowest BCUT2D eigenvalue weighted by Gasteiger charge is -2.23. The number of nitrogens with zero attached hydrogens (tertiary/aromatic N) is 3. The van der Waals surface area contributed by atoms with Crippen LogP contribution in [-0.4, -0.2) is 76.7 Å². The lowest BCUT2D eigenvalue weighted by Crippen LogP contribution is -2.40. The van der Waals surface area contributed by atoms with Crippen LogP contribution in [0.1, 0.15) is 6.42 Å². The number of ether oxygens (including phenoxy) is 1. The largest absolute Gasteiger partial charge is 0.484 e. The number of alkyl halides is 3. The Hall–Kier alpha value is -2.31. The van der Waals surface area contributed by atoms with Gasteiger partial charge < -0.3 is 9.64 Å². The molecule has 0 N–H and O–H groups in total. The van der Waals surface area contributed by atoms with E-state index in [1.54, 1.807) is 35.7 Å². The number of anilines is 1. The molecule has 1 aliphatic rings. The predicted molar refractivity (Wildman–Crippen MR) is 116 cm³/mol. The van der Waals surface area contributed by atoms with E-state index in [-0.39, 0.29) is 36.4 Å². The summed E-state index contributed by atoms with van der Waals surface area (Å²) >= 11 is 1.13. The van der Waals surface area contributed by atoms with Crippen molar-refractivity contribution in [3.63, 3.8) is 0 Å². The minimum Gasteiger partial charge on any atom is -0.484 e. The van der Waals surface area contributed by atoms with Crippen LogP contribution in [0.2, 0.25) is 0 Å². The third-order valence-corrected chi connectivity index (χ3v) is 8.18. The Labute approximate surface area is 189 Å². The maximum atomic E-state index is 12.6. The fraction of sp³-hybridized carbons (Fsp3) is 0.450. The van der Waals surface area contributed by atoms with Crippen LogP contribution >= 0.6 is 11.3 Å². The molecule has 0 spiro atoms. The number of rotatable bonds is 7. The van der Waals surface area contributed by atoms with Crippen molar-refractivity contribution >= 4 is 33.0 Å². The normalized spacial score (nSPS) is 15.9. The minimum absolute atomic E-state index is 0.158. The van der Waals surface area contributed by atoms with Crippen molar-refractivity contribution < 1.29 is 31.1 Å². The number of amides is 1. The van der Waals surface area contributed by atoms with Gasteiger partial charge in [0.2, 0.25) is 0 Å². The van der Waals surface area contributed by atoms with Gasteiger partial charge in [-0.15, -0.1) is 11.3 Å². The average Bonchev–Trinajstić information content (AvgIpc) is 3.20. The van der Waals surface area contributed by atoms with Gasteiger partial charge in [-0.25, -0.2) is 8.42 Å². The molecule has 0 aliphatic carbocycles. The molecule has 0 atom stereocenters. The Morgan fingerprint density at radius 1 is 1.12 bits per heavy atom. The highest BCUT2D eigenvalue weighted by Crippen LogP contribution is 2.26. The lowest BCUT2D eigenvalue weighted by molar-refractivity contribution is -0.145. The van der Waals surface area contributed by atoms with Gasteiger partial charge in [0.15, 0.2) is 6.61 Å². The number of hydrogen-bond acceptors (Lipinski definition) is 6. The highest BCUT2D eigenvalue weighted by Gasteiger charge is 2.32. The molecule has 32 heavy (non-hydrogen) atoms. The number of benzene rings is 1. The molecule has 1 aliphatic heterocycles. The van der Waals surface area contributed by atoms with E-state index in [4.69, 9.17) is 4.74 Å². The average molecular weight is 492 g/mol. The number of sulfonamides is 1. The number of halogens is 3. The van der Waals surface area contributed by atoms with Crippen molar-refractivity contribution in [2.75, 3.05) is 50.7 Å². The second-order valence-electron chi connectivity index (χ2n) is 7.31. The summed E-state index contributed by atoms with van der Waals surface area (Å²) in [6, 6.07) is 9.48. The van der Waals surface area contributed by atoms with E-state index in [0.717, 1.165) is 15.6 Å². The molecule has 0 bridgehead atoms. The third-order valence-electron chi connectivity index (χ3n) is 5.02. The first kappa shape index (κ1) is 24.3. The van der Waals surface area contributed by atoms with Crippen molar-refractivity contribution in [1.29, 1.82) is 0 Å². The highest BCUT2D eigenvalue weighted by atomic mass is 32.2. The van der Waals surface area contributed by atoms with Crippen LogP contribution in [0, 0.1) is 0 Å². The Balaban J connectivity index is 1.52. The molecule has 0 radical (unpaired) electrons. The van der Waals surface area contributed by atoms with Crippen LogP contribution in [0.25, 0.3) is 0 Å². The van der Waals surface area contributed by atoms with Crippen LogP contribution in [0.15, 0.2) is 46.0 Å². The Morgan fingerprint density at radius 2 is 1.84 bits per heavy atom. The molecule has 0 unspecified atom stereocenters. The molecule has 1 aromatic carbocycles. The maximum absolute atomic E-state index is 12.6. The van der Waals surface area contributed by atoms with Gasteiger partial charge in [0, 0.05) is 33.2 Å². The Kier molecular flexibility index (Phi) is 7.67. The molecule has 12 heteroatoms.